The van der Waals surface area contributed by atoms with Crippen LogP contribution in [0.4, 0.5) is 0 Å². The Morgan fingerprint density at radius 2 is 2.03 bits per heavy atom. The van der Waals surface area contributed by atoms with E-state index in [2.05, 4.69) is 4.98 Å². The van der Waals surface area contributed by atoms with E-state index in [-0.39, 0.29) is 25.0 Å². The summed E-state index contributed by atoms with van der Waals surface area (Å²) in [5.41, 5.74) is 2.63. The first-order valence-corrected chi connectivity index (χ1v) is 13.1. The molecule has 1 fully saturated rings. The molecule has 192 valence electrons. The number of alkyl halides is 1. The van der Waals surface area contributed by atoms with E-state index in [1.54, 1.807) is 30.2 Å². The molecular formula is C27H30Cl2N2O5. The van der Waals surface area contributed by atoms with Gasteiger partial charge >= 0.3 is 5.97 Å². The molecule has 0 spiro atoms. The second kappa shape index (κ2) is 12.6. The van der Waals surface area contributed by atoms with Gasteiger partial charge in [0.25, 0.3) is 0 Å². The highest BCUT2D eigenvalue weighted by molar-refractivity contribution is 6.29. The second-order valence-electron chi connectivity index (χ2n) is 8.92. The van der Waals surface area contributed by atoms with Crippen LogP contribution < -0.4 is 4.74 Å². The Bertz CT molecular complexity index is 1080. The first-order valence-electron chi connectivity index (χ1n) is 12.1. The number of benzene rings is 1. The molecule has 36 heavy (non-hydrogen) atoms. The lowest BCUT2D eigenvalue weighted by molar-refractivity contribution is -0.141. The number of carbonyl (C=O) groups excluding carboxylic acids is 2. The summed E-state index contributed by atoms with van der Waals surface area (Å²) in [4.78, 5) is 32.4. The third kappa shape index (κ3) is 6.58. The number of pyridine rings is 1. The van der Waals surface area contributed by atoms with Gasteiger partial charge in [-0.05, 0) is 55.5 Å². The maximum Gasteiger partial charge on any atom is 0.336 e. The summed E-state index contributed by atoms with van der Waals surface area (Å²) in [5, 5.41) is 0.348. The lowest BCUT2D eigenvalue weighted by Gasteiger charge is -2.35. The quantitative estimate of drug-likeness (QED) is 0.180. The van der Waals surface area contributed by atoms with Crippen molar-refractivity contribution in [2.75, 3.05) is 25.6 Å². The predicted octanol–water partition coefficient (Wildman–Crippen LogP) is 5.26. The van der Waals surface area contributed by atoms with Gasteiger partial charge in [0.05, 0.1) is 24.8 Å². The number of rotatable bonds is 10. The van der Waals surface area contributed by atoms with Crippen LogP contribution in [0.1, 0.15) is 49.7 Å². The number of hydrogen-bond donors (Lipinski definition) is 0. The molecule has 0 aliphatic carbocycles. The highest BCUT2D eigenvalue weighted by atomic mass is 35.5. The van der Waals surface area contributed by atoms with Crippen molar-refractivity contribution in [1.29, 1.82) is 0 Å². The van der Waals surface area contributed by atoms with Gasteiger partial charge in [-0.3, -0.25) is 4.79 Å². The Balaban J connectivity index is 1.52. The smallest absolute Gasteiger partial charge is 0.336 e. The molecule has 9 heteroatoms. The molecule has 2 aliphatic heterocycles. The van der Waals surface area contributed by atoms with Crippen LogP contribution in [-0.2, 0) is 25.7 Å². The standard InChI is InChI=1S/C27H30Cl2N2O5/c1-18-26(27(33)36-17-19-5-8-21(9-6-19)34-13-3-11-28)23(20-7-10-24(29)30-15-20)14-25(32)31(18)16-22-4-2-12-35-22/h5-10,15,22-23H,2-4,11-14,16-17H2,1H3/t22-,23+/m1/s1. The van der Waals surface area contributed by atoms with E-state index < -0.39 is 11.9 Å². The van der Waals surface area contributed by atoms with E-state index in [1.807, 2.05) is 24.3 Å². The number of hydrogen-bond acceptors (Lipinski definition) is 6. The number of esters is 1. The van der Waals surface area contributed by atoms with Gasteiger partial charge in [-0.1, -0.05) is 29.8 Å². The fourth-order valence-electron chi connectivity index (χ4n) is 4.52. The van der Waals surface area contributed by atoms with Gasteiger partial charge in [0.15, 0.2) is 0 Å². The van der Waals surface area contributed by atoms with E-state index >= 15 is 0 Å². The third-order valence-electron chi connectivity index (χ3n) is 6.45. The van der Waals surface area contributed by atoms with Crippen molar-refractivity contribution >= 4 is 35.1 Å². The number of ether oxygens (including phenoxy) is 3. The summed E-state index contributed by atoms with van der Waals surface area (Å²) in [6.07, 6.45) is 4.37. The Labute approximate surface area is 221 Å². The highest BCUT2D eigenvalue weighted by Gasteiger charge is 2.38. The Hall–Kier alpha value is -2.61. The van der Waals surface area contributed by atoms with Gasteiger partial charge in [0, 0.05) is 36.7 Å². The van der Waals surface area contributed by atoms with Crippen LogP contribution in [0.5, 0.6) is 5.75 Å². The molecule has 0 unspecified atom stereocenters. The highest BCUT2D eigenvalue weighted by Crippen LogP contribution is 2.37. The molecule has 0 radical (unpaired) electrons. The van der Waals surface area contributed by atoms with Crippen LogP contribution in [-0.4, -0.2) is 53.5 Å². The molecule has 4 rings (SSSR count). The van der Waals surface area contributed by atoms with Crippen LogP contribution >= 0.6 is 23.2 Å². The number of amides is 1. The van der Waals surface area contributed by atoms with E-state index in [4.69, 9.17) is 37.4 Å². The van der Waals surface area contributed by atoms with Gasteiger partial charge in [0.1, 0.15) is 17.5 Å². The van der Waals surface area contributed by atoms with Gasteiger partial charge in [-0.15, -0.1) is 11.6 Å². The molecule has 0 N–H and O–H groups in total. The maximum absolute atomic E-state index is 13.4. The third-order valence-corrected chi connectivity index (χ3v) is 6.94. The van der Waals surface area contributed by atoms with Crippen molar-refractivity contribution in [3.8, 4) is 5.75 Å². The zero-order valence-corrected chi connectivity index (χ0v) is 21.8. The van der Waals surface area contributed by atoms with Crippen molar-refractivity contribution in [2.24, 2.45) is 0 Å². The first kappa shape index (κ1) is 26.5. The Morgan fingerprint density at radius 3 is 2.69 bits per heavy atom. The minimum atomic E-state index is -0.465. The van der Waals surface area contributed by atoms with Crippen LogP contribution in [0, 0.1) is 0 Å². The van der Waals surface area contributed by atoms with Crippen molar-refractivity contribution in [3.63, 3.8) is 0 Å². The van der Waals surface area contributed by atoms with Crippen LogP contribution in [0.25, 0.3) is 0 Å². The Kier molecular flexibility index (Phi) is 9.24. The average molecular weight is 533 g/mol. The molecule has 1 aromatic carbocycles. The van der Waals surface area contributed by atoms with Crippen LogP contribution in [0.2, 0.25) is 5.15 Å². The lowest BCUT2D eigenvalue weighted by Crippen LogP contribution is -2.42. The molecule has 0 saturated carbocycles. The first-order chi connectivity index (χ1) is 17.5. The number of aromatic nitrogens is 1. The zero-order chi connectivity index (χ0) is 25.5. The molecular weight excluding hydrogens is 503 g/mol. The monoisotopic (exact) mass is 532 g/mol. The Morgan fingerprint density at radius 1 is 1.22 bits per heavy atom. The fraction of sp³-hybridized carbons (Fsp3) is 0.444. The van der Waals surface area contributed by atoms with Crippen molar-refractivity contribution < 1.29 is 23.8 Å². The van der Waals surface area contributed by atoms with Crippen LogP contribution in [0.15, 0.2) is 53.9 Å². The minimum absolute atomic E-state index is 0.0277. The predicted molar refractivity (Wildman–Crippen MR) is 137 cm³/mol. The van der Waals surface area contributed by atoms with Crippen molar-refractivity contribution in [3.05, 3.63) is 70.1 Å². The number of allylic oxidation sites excluding steroid dienone is 1. The molecule has 2 atom stereocenters. The maximum atomic E-state index is 13.4. The summed E-state index contributed by atoms with van der Waals surface area (Å²) < 4.78 is 17.1. The zero-order valence-electron chi connectivity index (χ0n) is 20.3. The molecule has 2 aliphatic rings. The normalized spacial score (nSPS) is 20.1. The molecule has 1 amide bonds. The number of halogens is 2. The fourth-order valence-corrected chi connectivity index (χ4v) is 4.74. The molecule has 3 heterocycles. The average Bonchev–Trinajstić information content (AvgIpc) is 3.39. The SMILES string of the molecule is CC1=C(C(=O)OCc2ccc(OCCCCl)cc2)[C@H](c2ccc(Cl)nc2)CC(=O)N1C[C@H]1CCCO1. The van der Waals surface area contributed by atoms with E-state index in [9.17, 15) is 9.59 Å². The van der Waals surface area contributed by atoms with Gasteiger partial charge in [0.2, 0.25) is 5.91 Å². The minimum Gasteiger partial charge on any atom is -0.494 e. The van der Waals surface area contributed by atoms with E-state index in [0.29, 0.717) is 42.1 Å². The lowest BCUT2D eigenvalue weighted by atomic mass is 9.84. The summed E-state index contributed by atoms with van der Waals surface area (Å²) in [6, 6.07) is 10.9. The molecule has 1 saturated heterocycles. The van der Waals surface area contributed by atoms with Crippen molar-refractivity contribution in [1.82, 2.24) is 9.88 Å². The summed E-state index contributed by atoms with van der Waals surface area (Å²) in [5.74, 6) is 0.310. The summed E-state index contributed by atoms with van der Waals surface area (Å²) in [7, 11) is 0. The van der Waals surface area contributed by atoms with Crippen LogP contribution in [0.3, 0.4) is 0 Å². The number of nitrogens with zero attached hydrogens (tertiary/aromatic N) is 2. The topological polar surface area (TPSA) is 78.0 Å². The molecule has 2 aromatic rings. The molecule has 7 nitrogen and oxygen atoms in total. The second-order valence-corrected chi connectivity index (χ2v) is 9.69. The van der Waals surface area contributed by atoms with Gasteiger partial charge < -0.3 is 19.1 Å². The molecule has 0 bridgehead atoms. The van der Waals surface area contributed by atoms with E-state index in [1.165, 1.54) is 0 Å². The van der Waals surface area contributed by atoms with E-state index in [0.717, 1.165) is 36.1 Å². The summed E-state index contributed by atoms with van der Waals surface area (Å²) in [6.45, 7) is 3.57. The number of carbonyl (C=O) groups is 2. The largest absolute Gasteiger partial charge is 0.494 e. The van der Waals surface area contributed by atoms with Crippen molar-refractivity contribution in [2.45, 2.75) is 51.2 Å². The van der Waals surface area contributed by atoms with Gasteiger partial charge in [-0.25, -0.2) is 9.78 Å². The molecule has 1 aromatic heterocycles. The van der Waals surface area contributed by atoms with Gasteiger partial charge in [-0.2, -0.15) is 0 Å². The summed E-state index contributed by atoms with van der Waals surface area (Å²) >= 11 is 11.7.